The van der Waals surface area contributed by atoms with E-state index < -0.39 is 6.10 Å². The maximum absolute atomic E-state index is 10.4. The Kier molecular flexibility index (Phi) is 8.59. The molecule has 3 rings (SSSR count). The van der Waals surface area contributed by atoms with Crippen molar-refractivity contribution in [3.63, 3.8) is 0 Å². The number of pyridine rings is 1. The van der Waals surface area contributed by atoms with E-state index in [1.54, 1.807) is 19.2 Å². The van der Waals surface area contributed by atoms with Crippen LogP contribution in [0.4, 0.5) is 5.82 Å². The smallest absolute Gasteiger partial charge is 0.193 e. The number of aliphatic imine (C=N–C) groups is 1. The van der Waals surface area contributed by atoms with E-state index >= 15 is 0 Å². The number of aliphatic hydroxyl groups is 1. The summed E-state index contributed by atoms with van der Waals surface area (Å²) in [5, 5.41) is 14.2. The molecule has 2 aromatic rings. The number of nitrogens with one attached hydrogen (secondary N) is 1. The average molecular weight is 502 g/mol. The number of nitrogens with zero attached hydrogens (tertiary/aromatic N) is 4. The van der Waals surface area contributed by atoms with E-state index in [1.807, 2.05) is 36.5 Å². The Morgan fingerprint density at radius 1 is 1.22 bits per heavy atom. The van der Waals surface area contributed by atoms with Crippen LogP contribution in [0, 0.1) is 0 Å². The summed E-state index contributed by atoms with van der Waals surface area (Å²) in [6.07, 6.45) is 1.18. The fourth-order valence-electron chi connectivity index (χ4n) is 3.04. The average Bonchev–Trinajstić information content (AvgIpc) is 2.69. The number of hydrogen-bond acceptors (Lipinski definition) is 4. The summed E-state index contributed by atoms with van der Waals surface area (Å²) in [5.74, 6) is 1.80. The molecule has 1 aliphatic heterocycles. The highest BCUT2D eigenvalue weighted by molar-refractivity contribution is 14.0. The maximum Gasteiger partial charge on any atom is 0.193 e. The summed E-state index contributed by atoms with van der Waals surface area (Å²) in [4.78, 5) is 13.2. The molecule has 0 bridgehead atoms. The van der Waals surface area contributed by atoms with Crippen LogP contribution in [0.15, 0.2) is 53.7 Å². The molecule has 2 heterocycles. The van der Waals surface area contributed by atoms with E-state index in [1.165, 1.54) is 0 Å². The number of aliphatic hydroxyl groups excluding tert-OH is 1. The lowest BCUT2D eigenvalue weighted by Crippen LogP contribution is -2.53. The van der Waals surface area contributed by atoms with Gasteiger partial charge in [0.05, 0.1) is 6.10 Å². The van der Waals surface area contributed by atoms with E-state index in [0.29, 0.717) is 11.6 Å². The molecular formula is C19H25ClIN5O. The highest BCUT2D eigenvalue weighted by atomic mass is 127. The Morgan fingerprint density at radius 2 is 2.00 bits per heavy atom. The number of anilines is 1. The van der Waals surface area contributed by atoms with Gasteiger partial charge in [0, 0.05) is 51.0 Å². The van der Waals surface area contributed by atoms with Crippen LogP contribution in [0.25, 0.3) is 0 Å². The Labute approximate surface area is 182 Å². The van der Waals surface area contributed by atoms with Gasteiger partial charge in [-0.15, -0.1) is 24.0 Å². The van der Waals surface area contributed by atoms with Crippen LogP contribution < -0.4 is 10.2 Å². The molecule has 0 radical (unpaired) electrons. The summed E-state index contributed by atoms with van der Waals surface area (Å²) < 4.78 is 0. The van der Waals surface area contributed by atoms with Crippen LogP contribution in [0.3, 0.4) is 0 Å². The van der Waals surface area contributed by atoms with Crippen molar-refractivity contribution in [2.45, 2.75) is 6.10 Å². The highest BCUT2D eigenvalue weighted by Gasteiger charge is 2.21. The second-order valence-electron chi connectivity index (χ2n) is 6.16. The van der Waals surface area contributed by atoms with E-state index in [4.69, 9.17) is 11.6 Å². The topological polar surface area (TPSA) is 64.0 Å². The number of benzene rings is 1. The first-order valence-electron chi connectivity index (χ1n) is 8.72. The summed E-state index contributed by atoms with van der Waals surface area (Å²) >= 11 is 5.99. The predicted molar refractivity (Wildman–Crippen MR) is 121 cm³/mol. The van der Waals surface area contributed by atoms with Crippen LogP contribution in [0.5, 0.6) is 0 Å². The molecule has 1 atom stereocenters. The maximum atomic E-state index is 10.4. The van der Waals surface area contributed by atoms with Gasteiger partial charge in [-0.3, -0.25) is 4.99 Å². The Bertz CT molecular complexity index is 738. The summed E-state index contributed by atoms with van der Waals surface area (Å²) in [6.45, 7) is 3.85. The third kappa shape index (κ3) is 5.95. The Morgan fingerprint density at radius 3 is 2.63 bits per heavy atom. The Balaban J connectivity index is 0.00000261. The van der Waals surface area contributed by atoms with Gasteiger partial charge < -0.3 is 20.2 Å². The molecule has 1 fully saturated rings. The minimum absolute atomic E-state index is 0. The number of rotatable bonds is 4. The van der Waals surface area contributed by atoms with Crippen LogP contribution in [0.2, 0.25) is 5.02 Å². The fourth-order valence-corrected chi connectivity index (χ4v) is 3.24. The highest BCUT2D eigenvalue weighted by Crippen LogP contribution is 2.17. The molecule has 1 saturated heterocycles. The lowest BCUT2D eigenvalue weighted by Gasteiger charge is -2.37. The first kappa shape index (κ1) is 21.7. The number of halogens is 2. The number of piperazine rings is 1. The van der Waals surface area contributed by atoms with Gasteiger partial charge in [-0.1, -0.05) is 29.8 Å². The minimum atomic E-state index is -0.639. The van der Waals surface area contributed by atoms with Crippen molar-refractivity contribution in [3.8, 4) is 0 Å². The first-order valence-corrected chi connectivity index (χ1v) is 9.10. The first-order chi connectivity index (χ1) is 12.7. The minimum Gasteiger partial charge on any atom is -0.387 e. The molecule has 27 heavy (non-hydrogen) atoms. The van der Waals surface area contributed by atoms with Gasteiger partial charge in [0.2, 0.25) is 0 Å². The molecular weight excluding hydrogens is 477 g/mol. The molecule has 1 aliphatic rings. The third-order valence-electron chi connectivity index (χ3n) is 4.45. The largest absolute Gasteiger partial charge is 0.387 e. The second kappa shape index (κ2) is 10.7. The van der Waals surface area contributed by atoms with E-state index in [2.05, 4.69) is 25.1 Å². The summed E-state index contributed by atoms with van der Waals surface area (Å²) in [5.41, 5.74) is 0.792. The van der Waals surface area contributed by atoms with Crippen molar-refractivity contribution < 1.29 is 5.11 Å². The molecule has 146 valence electrons. The van der Waals surface area contributed by atoms with E-state index in [-0.39, 0.29) is 24.0 Å². The van der Waals surface area contributed by atoms with E-state index in [9.17, 15) is 5.11 Å². The molecule has 0 spiro atoms. The summed E-state index contributed by atoms with van der Waals surface area (Å²) in [6, 6.07) is 13.2. The number of aromatic nitrogens is 1. The quantitative estimate of drug-likeness (QED) is 0.383. The number of guanidine groups is 1. The van der Waals surface area contributed by atoms with Crippen molar-refractivity contribution in [3.05, 3.63) is 59.2 Å². The van der Waals surface area contributed by atoms with Crippen molar-refractivity contribution in [1.29, 1.82) is 0 Å². The standard InChI is InChI=1S/C19H24ClN5O.HI/c1-21-19(23-14-17(26)15-5-4-6-16(20)13-15)25-11-9-24(10-12-25)18-7-2-3-8-22-18;/h2-8,13,17,26H,9-12,14H2,1H3,(H,21,23);1H. The Hall–Kier alpha value is -1.58. The molecule has 0 aliphatic carbocycles. The molecule has 1 unspecified atom stereocenters. The zero-order valence-corrected chi connectivity index (χ0v) is 18.3. The molecule has 6 nitrogen and oxygen atoms in total. The fraction of sp³-hybridized carbons (Fsp3) is 0.368. The van der Waals surface area contributed by atoms with Gasteiger partial charge >= 0.3 is 0 Å². The van der Waals surface area contributed by atoms with E-state index in [0.717, 1.165) is 43.5 Å². The SMILES string of the molecule is CN=C(NCC(O)c1cccc(Cl)c1)N1CCN(c2ccccn2)CC1.I. The third-order valence-corrected chi connectivity index (χ3v) is 4.69. The monoisotopic (exact) mass is 501 g/mol. The van der Waals surface area contributed by atoms with Gasteiger partial charge in [0.25, 0.3) is 0 Å². The second-order valence-corrected chi connectivity index (χ2v) is 6.60. The lowest BCUT2D eigenvalue weighted by molar-refractivity contribution is 0.179. The van der Waals surface area contributed by atoms with Gasteiger partial charge in [0.1, 0.15) is 5.82 Å². The summed E-state index contributed by atoms with van der Waals surface area (Å²) in [7, 11) is 1.76. The van der Waals surface area contributed by atoms with Crippen LogP contribution in [-0.2, 0) is 0 Å². The van der Waals surface area contributed by atoms with Crippen molar-refractivity contribution in [1.82, 2.24) is 15.2 Å². The van der Waals surface area contributed by atoms with Crippen molar-refractivity contribution in [2.24, 2.45) is 4.99 Å². The van der Waals surface area contributed by atoms with Gasteiger partial charge in [-0.05, 0) is 29.8 Å². The van der Waals surface area contributed by atoms with Crippen LogP contribution in [0.1, 0.15) is 11.7 Å². The van der Waals surface area contributed by atoms with Crippen molar-refractivity contribution in [2.75, 3.05) is 44.7 Å². The van der Waals surface area contributed by atoms with Gasteiger partial charge in [-0.2, -0.15) is 0 Å². The normalized spacial score (nSPS) is 15.9. The van der Waals surface area contributed by atoms with Gasteiger partial charge in [-0.25, -0.2) is 4.98 Å². The van der Waals surface area contributed by atoms with Crippen LogP contribution in [-0.4, -0.2) is 60.7 Å². The molecule has 1 aromatic heterocycles. The molecule has 0 saturated carbocycles. The molecule has 0 amide bonds. The predicted octanol–water partition coefficient (Wildman–Crippen LogP) is 2.78. The zero-order valence-electron chi connectivity index (χ0n) is 15.3. The number of hydrogen-bond donors (Lipinski definition) is 2. The van der Waals surface area contributed by atoms with Crippen LogP contribution >= 0.6 is 35.6 Å². The van der Waals surface area contributed by atoms with Crippen molar-refractivity contribution >= 4 is 47.4 Å². The molecule has 2 N–H and O–H groups in total. The van der Waals surface area contributed by atoms with Gasteiger partial charge in [0.15, 0.2) is 5.96 Å². The molecule has 1 aromatic carbocycles. The zero-order chi connectivity index (χ0) is 18.4. The molecule has 8 heteroatoms. The lowest BCUT2D eigenvalue weighted by atomic mass is 10.1.